The number of fused-ring (bicyclic) bond motifs is 2. The van der Waals surface area contributed by atoms with Gasteiger partial charge in [0.2, 0.25) is 17.7 Å². The number of carbonyl (C=O) groups is 4. The highest BCUT2D eigenvalue weighted by atomic mass is 16.5. The zero-order valence-corrected chi connectivity index (χ0v) is 24.5. The maximum Gasteiger partial charge on any atom is 0.306 e. The van der Waals surface area contributed by atoms with Gasteiger partial charge in [-0.1, -0.05) is 54.6 Å². The van der Waals surface area contributed by atoms with Crippen LogP contribution in [0.1, 0.15) is 58.1 Å². The van der Waals surface area contributed by atoms with Crippen LogP contribution in [-0.4, -0.2) is 88.2 Å². The number of aliphatic hydroxyl groups excluding tert-OH is 1. The lowest BCUT2D eigenvalue weighted by Crippen LogP contribution is -2.59. The van der Waals surface area contributed by atoms with E-state index in [9.17, 15) is 24.3 Å². The number of cyclic esters (lactones) is 1. The van der Waals surface area contributed by atoms with Crippen molar-refractivity contribution >= 4 is 23.7 Å². The molecule has 10 heteroatoms. The molecule has 0 saturated carbocycles. The SMILES string of the molecule is CC(C)(C)N1C/C=C\CCC(=O)OC[C@H](c2ccccc2)NC(=O)[C@@H]2[C@H]3C(=O)N(CCCCO)[C@H](C1=O)[C@]31C=C[C@H]2O1. The number of amides is 3. The lowest BCUT2D eigenvalue weighted by Gasteiger charge is -2.41. The summed E-state index contributed by atoms with van der Waals surface area (Å²) in [5.74, 6) is -3.09. The number of likely N-dealkylation sites (tertiary alicyclic amines) is 1. The van der Waals surface area contributed by atoms with Crippen molar-refractivity contribution in [2.45, 2.75) is 75.8 Å². The van der Waals surface area contributed by atoms with Gasteiger partial charge in [0.15, 0.2) is 0 Å². The Hall–Kier alpha value is -3.50. The van der Waals surface area contributed by atoms with Gasteiger partial charge in [-0.15, -0.1) is 0 Å². The van der Waals surface area contributed by atoms with Crippen molar-refractivity contribution in [2.24, 2.45) is 11.8 Å². The first-order valence-corrected chi connectivity index (χ1v) is 14.8. The van der Waals surface area contributed by atoms with Crippen LogP contribution in [0.15, 0.2) is 54.6 Å². The van der Waals surface area contributed by atoms with E-state index in [2.05, 4.69) is 5.32 Å². The third-order valence-corrected chi connectivity index (χ3v) is 8.69. The van der Waals surface area contributed by atoms with Crippen LogP contribution in [0.5, 0.6) is 0 Å². The van der Waals surface area contributed by atoms with Crippen LogP contribution < -0.4 is 5.32 Å². The molecule has 6 atom stereocenters. The van der Waals surface area contributed by atoms with Gasteiger partial charge in [0.1, 0.15) is 18.2 Å². The average molecular weight is 580 g/mol. The van der Waals surface area contributed by atoms with Crippen molar-refractivity contribution in [3.8, 4) is 0 Å². The topological polar surface area (TPSA) is 125 Å². The summed E-state index contributed by atoms with van der Waals surface area (Å²) in [6.07, 6.45) is 8.23. The first-order chi connectivity index (χ1) is 20.1. The molecule has 2 saturated heterocycles. The summed E-state index contributed by atoms with van der Waals surface area (Å²) in [5, 5.41) is 12.4. The standard InChI is InChI=1S/C32H41N3O7/c1-31(2,3)35-18-9-5-8-14-24(37)41-20-22(21-12-6-4-7-13-21)33-28(38)25-23-15-16-32(42-23)26(25)29(39)34(17-10-11-19-36)27(32)30(35)40/h4-7,9,12-13,15-16,22-23,25-27,36H,8,10-11,14,17-20H2,1-3H3,(H,33,38)/b9-5-/t22-,23-,25+,26+,27-,32+/m1/s1. The average Bonchev–Trinajstić information content (AvgIpc) is 3.59. The second kappa shape index (κ2) is 12.0. The molecule has 1 aromatic carbocycles. The fourth-order valence-corrected chi connectivity index (χ4v) is 6.65. The molecule has 2 fully saturated rings. The van der Waals surface area contributed by atoms with E-state index in [0.29, 0.717) is 19.3 Å². The fraction of sp³-hybridized carbons (Fsp3) is 0.562. The predicted octanol–water partition coefficient (Wildman–Crippen LogP) is 2.29. The Bertz CT molecular complexity index is 1260. The van der Waals surface area contributed by atoms with Gasteiger partial charge in [-0.2, -0.15) is 0 Å². The molecule has 10 nitrogen and oxygen atoms in total. The van der Waals surface area contributed by atoms with Crippen molar-refractivity contribution in [3.63, 3.8) is 0 Å². The third-order valence-electron chi connectivity index (χ3n) is 8.69. The van der Waals surface area contributed by atoms with E-state index in [4.69, 9.17) is 9.47 Å². The Morgan fingerprint density at radius 3 is 2.52 bits per heavy atom. The number of nitrogens with one attached hydrogen (secondary N) is 1. The molecule has 3 amide bonds. The second-order valence-corrected chi connectivity index (χ2v) is 12.4. The largest absolute Gasteiger partial charge is 0.463 e. The van der Waals surface area contributed by atoms with Crippen molar-refractivity contribution in [3.05, 3.63) is 60.2 Å². The van der Waals surface area contributed by atoms with Crippen LogP contribution in [0.3, 0.4) is 0 Å². The minimum atomic E-state index is -1.28. The first-order valence-electron chi connectivity index (χ1n) is 14.8. The molecule has 226 valence electrons. The quantitative estimate of drug-likeness (QED) is 0.312. The number of benzene rings is 1. The number of allylic oxidation sites excluding steroid dienone is 1. The van der Waals surface area contributed by atoms with Crippen molar-refractivity contribution in [2.75, 3.05) is 26.3 Å². The Balaban J connectivity index is 1.56. The highest BCUT2D eigenvalue weighted by Crippen LogP contribution is 2.55. The zero-order valence-electron chi connectivity index (χ0n) is 24.5. The molecule has 42 heavy (non-hydrogen) atoms. The molecule has 5 bridgehead atoms. The van der Waals surface area contributed by atoms with E-state index in [1.807, 2.05) is 63.3 Å². The fourth-order valence-electron chi connectivity index (χ4n) is 6.65. The predicted molar refractivity (Wildman–Crippen MR) is 154 cm³/mol. The van der Waals surface area contributed by atoms with Crippen LogP contribution in [-0.2, 0) is 28.7 Å². The molecule has 0 aromatic heterocycles. The minimum absolute atomic E-state index is 0.0247. The van der Waals surface area contributed by atoms with E-state index < -0.39 is 47.1 Å². The van der Waals surface area contributed by atoms with Crippen molar-refractivity contribution in [1.82, 2.24) is 15.1 Å². The van der Waals surface area contributed by atoms with E-state index >= 15 is 0 Å². The summed E-state index contributed by atoms with van der Waals surface area (Å²) < 4.78 is 12.1. The summed E-state index contributed by atoms with van der Waals surface area (Å²) in [5.41, 5.74) is -1.10. The Kier molecular flexibility index (Phi) is 8.57. The number of aliphatic hydroxyl groups is 1. The molecular weight excluding hydrogens is 538 g/mol. The monoisotopic (exact) mass is 579 g/mol. The molecule has 0 aliphatic carbocycles. The number of rotatable bonds is 5. The second-order valence-electron chi connectivity index (χ2n) is 12.4. The summed E-state index contributed by atoms with van der Waals surface area (Å²) in [4.78, 5) is 58.5. The highest BCUT2D eigenvalue weighted by molar-refractivity contribution is 6.00. The summed E-state index contributed by atoms with van der Waals surface area (Å²) in [6.45, 7) is 6.27. The summed E-state index contributed by atoms with van der Waals surface area (Å²) in [6, 6.07) is 7.67. The van der Waals surface area contributed by atoms with Gasteiger partial charge < -0.3 is 29.7 Å². The summed E-state index contributed by atoms with van der Waals surface area (Å²) in [7, 11) is 0. The molecule has 0 radical (unpaired) electrons. The van der Waals surface area contributed by atoms with Crippen molar-refractivity contribution in [1.29, 1.82) is 0 Å². The number of ether oxygens (including phenoxy) is 2. The molecule has 1 aromatic rings. The van der Waals surface area contributed by atoms with Crippen LogP contribution in [0.4, 0.5) is 0 Å². The van der Waals surface area contributed by atoms with E-state index in [1.165, 1.54) is 0 Å². The molecule has 1 spiro atoms. The van der Waals surface area contributed by atoms with E-state index in [1.54, 1.807) is 22.0 Å². The van der Waals surface area contributed by atoms with E-state index in [-0.39, 0.29) is 50.5 Å². The molecule has 4 heterocycles. The molecule has 0 unspecified atom stereocenters. The molecule has 4 aliphatic heterocycles. The van der Waals surface area contributed by atoms with Gasteiger partial charge in [-0.25, -0.2) is 0 Å². The third kappa shape index (κ3) is 5.49. The van der Waals surface area contributed by atoms with Crippen LogP contribution >= 0.6 is 0 Å². The number of unbranched alkanes of at least 4 members (excludes halogenated alkanes) is 1. The van der Waals surface area contributed by atoms with Gasteiger partial charge in [0.25, 0.3) is 0 Å². The van der Waals surface area contributed by atoms with Gasteiger partial charge in [-0.05, 0) is 45.6 Å². The lowest BCUT2D eigenvalue weighted by molar-refractivity contribution is -0.150. The molecule has 2 N–H and O–H groups in total. The van der Waals surface area contributed by atoms with Gasteiger partial charge in [0, 0.05) is 31.7 Å². The molecule has 4 aliphatic rings. The first kappa shape index (κ1) is 30.0. The van der Waals surface area contributed by atoms with Gasteiger partial charge >= 0.3 is 5.97 Å². The maximum absolute atomic E-state index is 14.5. The number of nitrogens with zero attached hydrogens (tertiary/aromatic N) is 2. The van der Waals surface area contributed by atoms with Crippen molar-refractivity contribution < 1.29 is 33.8 Å². The van der Waals surface area contributed by atoms with E-state index in [0.717, 1.165) is 5.56 Å². The molecule has 5 rings (SSSR count). The number of hydrogen-bond acceptors (Lipinski definition) is 7. The maximum atomic E-state index is 14.5. The number of carbonyl (C=O) groups excluding carboxylic acids is 4. The Morgan fingerprint density at radius 2 is 1.81 bits per heavy atom. The van der Waals surface area contributed by atoms with Crippen LogP contribution in [0.25, 0.3) is 0 Å². The van der Waals surface area contributed by atoms with Crippen LogP contribution in [0, 0.1) is 11.8 Å². The highest BCUT2D eigenvalue weighted by Gasteiger charge is 2.73. The number of hydrogen-bond donors (Lipinski definition) is 2. The Labute approximate surface area is 246 Å². The van der Waals surface area contributed by atoms with Gasteiger partial charge in [0.05, 0.1) is 24.0 Å². The minimum Gasteiger partial charge on any atom is -0.463 e. The summed E-state index contributed by atoms with van der Waals surface area (Å²) >= 11 is 0. The molecular formula is C32H41N3O7. The number of esters is 1. The Morgan fingerprint density at radius 1 is 1.05 bits per heavy atom. The van der Waals surface area contributed by atoms with Crippen LogP contribution in [0.2, 0.25) is 0 Å². The normalized spacial score (nSPS) is 32.6. The zero-order chi connectivity index (χ0) is 30.1. The lowest BCUT2D eigenvalue weighted by atomic mass is 9.74. The smallest absolute Gasteiger partial charge is 0.306 e. The van der Waals surface area contributed by atoms with Gasteiger partial charge in [-0.3, -0.25) is 19.2 Å².